The van der Waals surface area contributed by atoms with Gasteiger partial charge in [0.25, 0.3) is 0 Å². The van der Waals surface area contributed by atoms with E-state index in [0.29, 0.717) is 24.1 Å². The summed E-state index contributed by atoms with van der Waals surface area (Å²) < 4.78 is 14.3. The molecule has 5 aromatic rings. The molecule has 9 nitrogen and oxygen atoms in total. The first-order chi connectivity index (χ1) is 19.4. The molecule has 0 amide bonds. The molecule has 40 heavy (non-hydrogen) atoms. The summed E-state index contributed by atoms with van der Waals surface area (Å²) in [4.78, 5) is 20.3. The summed E-state index contributed by atoms with van der Waals surface area (Å²) in [5.74, 6) is 4.80. The quantitative estimate of drug-likeness (QED) is 0.289. The molecule has 0 unspecified atom stereocenters. The van der Waals surface area contributed by atoms with Crippen LogP contribution in [0.4, 0.5) is 5.82 Å². The number of imidazole rings is 1. The average molecular weight is 536 g/mol. The number of nitrogen functional groups attached to an aromatic ring is 1. The lowest BCUT2D eigenvalue weighted by molar-refractivity contribution is 0.251. The monoisotopic (exact) mass is 535 g/mol. The maximum absolute atomic E-state index is 6.36. The largest absolute Gasteiger partial charge is 0.489 e. The topological polar surface area (TPSA) is 104 Å². The number of rotatable bonds is 7. The second-order valence-corrected chi connectivity index (χ2v) is 10.5. The molecule has 204 valence electrons. The van der Waals surface area contributed by atoms with Gasteiger partial charge in [-0.25, -0.2) is 19.9 Å². The van der Waals surface area contributed by atoms with Crippen molar-refractivity contribution in [2.45, 2.75) is 39.2 Å². The zero-order chi connectivity index (χ0) is 27.6. The van der Waals surface area contributed by atoms with E-state index < -0.39 is 0 Å². The number of anilines is 1. The third-order valence-corrected chi connectivity index (χ3v) is 7.32. The predicted octanol–water partition coefficient (Wildman–Crippen LogP) is 5.57. The third-order valence-electron chi connectivity index (χ3n) is 7.32. The van der Waals surface area contributed by atoms with Crippen LogP contribution in [0.5, 0.6) is 17.2 Å². The number of hydrogen-bond donors (Lipinski definition) is 1. The van der Waals surface area contributed by atoms with Gasteiger partial charge in [0.15, 0.2) is 0 Å². The van der Waals surface area contributed by atoms with E-state index in [0.717, 1.165) is 77.0 Å². The highest BCUT2D eigenvalue weighted by molar-refractivity contribution is 5.85. The molecular weight excluding hydrogens is 502 g/mol. The van der Waals surface area contributed by atoms with Gasteiger partial charge >= 0.3 is 0 Å². The molecular formula is C31H33N7O2. The van der Waals surface area contributed by atoms with Crippen LogP contribution in [0.25, 0.3) is 16.8 Å². The van der Waals surface area contributed by atoms with Crippen LogP contribution in [0.1, 0.15) is 41.5 Å². The Morgan fingerprint density at radius 2 is 1.65 bits per heavy atom. The first-order valence-electron chi connectivity index (χ1n) is 13.5. The maximum atomic E-state index is 6.36. The van der Waals surface area contributed by atoms with Gasteiger partial charge in [-0.1, -0.05) is 0 Å². The van der Waals surface area contributed by atoms with Crippen molar-refractivity contribution in [2.24, 2.45) is 0 Å². The molecule has 0 atom stereocenters. The molecule has 2 aromatic carbocycles. The Kier molecular flexibility index (Phi) is 7.04. The molecule has 3 aromatic heterocycles. The Labute approximate surface area is 233 Å². The van der Waals surface area contributed by atoms with Crippen LogP contribution in [-0.2, 0) is 6.61 Å². The molecule has 0 aliphatic carbocycles. The number of nitrogens with zero attached hydrogens (tertiary/aromatic N) is 6. The van der Waals surface area contributed by atoms with Gasteiger partial charge in [-0.15, -0.1) is 0 Å². The molecule has 0 saturated carbocycles. The van der Waals surface area contributed by atoms with Crippen molar-refractivity contribution in [3.05, 3.63) is 90.0 Å². The molecule has 1 saturated heterocycles. The second kappa shape index (κ2) is 10.9. The van der Waals surface area contributed by atoms with Crippen molar-refractivity contribution in [3.63, 3.8) is 0 Å². The number of nitrogens with two attached hydrogens (primary N) is 1. The average Bonchev–Trinajstić information content (AvgIpc) is 3.34. The van der Waals surface area contributed by atoms with Crippen LogP contribution < -0.4 is 15.2 Å². The number of ether oxygens (including phenoxy) is 2. The van der Waals surface area contributed by atoms with E-state index in [1.54, 1.807) is 18.6 Å². The first kappa shape index (κ1) is 25.8. The fourth-order valence-electron chi connectivity index (χ4n) is 5.18. The normalized spacial score (nSPS) is 14.5. The van der Waals surface area contributed by atoms with Crippen LogP contribution in [0.15, 0.2) is 67.3 Å². The molecule has 0 radical (unpaired) electrons. The molecule has 0 bridgehead atoms. The highest BCUT2D eigenvalue weighted by atomic mass is 16.5. The molecule has 9 heteroatoms. The van der Waals surface area contributed by atoms with Crippen LogP contribution in [0, 0.1) is 13.8 Å². The van der Waals surface area contributed by atoms with Gasteiger partial charge in [0.2, 0.25) is 0 Å². The molecule has 4 heterocycles. The molecule has 2 N–H and O–H groups in total. The highest BCUT2D eigenvalue weighted by Crippen LogP contribution is 2.35. The summed E-state index contributed by atoms with van der Waals surface area (Å²) in [7, 11) is 2.17. The smallest absolute Gasteiger partial charge is 0.150 e. The lowest BCUT2D eigenvalue weighted by atomic mass is 9.96. The Morgan fingerprint density at radius 3 is 2.40 bits per heavy atom. The van der Waals surface area contributed by atoms with Crippen LogP contribution in [-0.4, -0.2) is 49.4 Å². The minimum Gasteiger partial charge on any atom is -0.489 e. The van der Waals surface area contributed by atoms with Gasteiger partial charge in [-0.3, -0.25) is 4.40 Å². The SMILES string of the molecule is Cc1cc(OCc2cnc(C)nc2)cc(Oc2ccc(-c3nc(C4CCN(C)CC4)n4ccnc(N)c34)cc2)c1. The van der Waals surface area contributed by atoms with Crippen LogP contribution in [0.2, 0.25) is 0 Å². The van der Waals surface area contributed by atoms with Crippen LogP contribution >= 0.6 is 0 Å². The van der Waals surface area contributed by atoms with Crippen molar-refractivity contribution >= 4 is 11.3 Å². The number of aryl methyl sites for hydroxylation is 2. The van der Waals surface area contributed by atoms with Crippen molar-refractivity contribution < 1.29 is 9.47 Å². The Morgan fingerprint density at radius 1 is 0.925 bits per heavy atom. The minimum absolute atomic E-state index is 0.383. The molecule has 1 aliphatic heterocycles. The van der Waals surface area contributed by atoms with Gasteiger partial charge in [-0.2, -0.15) is 0 Å². The van der Waals surface area contributed by atoms with Gasteiger partial charge in [0.05, 0.1) is 0 Å². The van der Waals surface area contributed by atoms with Crippen molar-refractivity contribution in [2.75, 3.05) is 25.9 Å². The minimum atomic E-state index is 0.383. The van der Waals surface area contributed by atoms with Crippen molar-refractivity contribution in [1.82, 2.24) is 29.2 Å². The molecule has 6 rings (SSSR count). The summed E-state index contributed by atoms with van der Waals surface area (Å²) in [6, 6.07) is 13.8. The highest BCUT2D eigenvalue weighted by Gasteiger charge is 2.25. The zero-order valence-electron chi connectivity index (χ0n) is 23.0. The Bertz CT molecular complexity index is 1620. The van der Waals surface area contributed by atoms with E-state index in [2.05, 4.69) is 31.3 Å². The number of fused-ring (bicyclic) bond motifs is 1. The fraction of sp³-hybridized carbons (Fsp3) is 0.290. The predicted molar refractivity (Wildman–Crippen MR) is 155 cm³/mol. The summed E-state index contributed by atoms with van der Waals surface area (Å²) in [5.41, 5.74) is 11.0. The number of piperidine rings is 1. The van der Waals surface area contributed by atoms with E-state index >= 15 is 0 Å². The lowest BCUT2D eigenvalue weighted by Gasteiger charge is -2.28. The zero-order valence-corrected chi connectivity index (χ0v) is 23.0. The molecule has 0 spiro atoms. The van der Waals surface area contributed by atoms with Gasteiger partial charge in [-0.05, 0) is 88.8 Å². The number of hydrogen-bond acceptors (Lipinski definition) is 8. The van der Waals surface area contributed by atoms with E-state index in [1.165, 1.54) is 0 Å². The summed E-state index contributed by atoms with van der Waals surface area (Å²) in [6.07, 6.45) is 9.42. The summed E-state index contributed by atoms with van der Waals surface area (Å²) in [5, 5.41) is 0. The Hall–Kier alpha value is -4.50. The fourth-order valence-corrected chi connectivity index (χ4v) is 5.18. The van der Waals surface area contributed by atoms with E-state index in [9.17, 15) is 0 Å². The summed E-state index contributed by atoms with van der Waals surface area (Å²) in [6.45, 7) is 6.39. The van der Waals surface area contributed by atoms with Crippen LogP contribution in [0.3, 0.4) is 0 Å². The molecule has 1 aliphatic rings. The van der Waals surface area contributed by atoms with Crippen molar-refractivity contribution in [3.8, 4) is 28.5 Å². The van der Waals surface area contributed by atoms with Gasteiger partial charge in [0.1, 0.15) is 52.5 Å². The maximum Gasteiger partial charge on any atom is 0.150 e. The van der Waals surface area contributed by atoms with E-state index in [1.807, 2.05) is 62.5 Å². The summed E-state index contributed by atoms with van der Waals surface area (Å²) >= 11 is 0. The van der Waals surface area contributed by atoms with E-state index in [-0.39, 0.29) is 0 Å². The number of aromatic nitrogens is 5. The third kappa shape index (κ3) is 5.46. The standard InChI is InChI=1S/C31H33N7O2/c1-20-14-26(39-19-22-17-34-21(2)35-18-22)16-27(15-20)40-25-6-4-23(5-7-25)28-29-30(32)33-10-13-38(29)31(36-28)24-8-11-37(3)12-9-24/h4-7,10,13-18,24H,8-9,11-12,19H2,1-3H3,(H2,32,33). The van der Waals surface area contributed by atoms with Crippen molar-refractivity contribution in [1.29, 1.82) is 0 Å². The second-order valence-electron chi connectivity index (χ2n) is 10.5. The number of likely N-dealkylation sites (tertiary alicyclic amines) is 1. The molecule has 1 fully saturated rings. The first-order valence-corrected chi connectivity index (χ1v) is 13.5. The van der Waals surface area contributed by atoms with Gasteiger partial charge in [0, 0.05) is 47.9 Å². The van der Waals surface area contributed by atoms with E-state index in [4.69, 9.17) is 20.2 Å². The Balaban J connectivity index is 1.22. The lowest BCUT2D eigenvalue weighted by Crippen LogP contribution is -2.29. The van der Waals surface area contributed by atoms with Gasteiger partial charge < -0.3 is 20.1 Å². The number of benzene rings is 2.